The molecule has 7 nitrogen and oxygen atoms in total. The second-order valence-electron chi connectivity index (χ2n) is 5.05. The summed E-state index contributed by atoms with van der Waals surface area (Å²) in [5.74, 6) is -1.09. The van der Waals surface area contributed by atoms with Crippen LogP contribution in [0.5, 0.6) is 5.75 Å². The van der Waals surface area contributed by atoms with E-state index in [0.29, 0.717) is 6.42 Å². The minimum Gasteiger partial charge on any atom is -0.502 e. The number of aromatic nitrogens is 1. The molecule has 1 atom stereocenters. The molecule has 0 spiro atoms. The maximum atomic E-state index is 12.6. The summed E-state index contributed by atoms with van der Waals surface area (Å²) >= 11 is 0. The number of nitrogens with zero attached hydrogens (tertiary/aromatic N) is 3. The van der Waals surface area contributed by atoms with Gasteiger partial charge in [-0.2, -0.15) is 0 Å². The van der Waals surface area contributed by atoms with Crippen molar-refractivity contribution in [3.05, 3.63) is 64.0 Å². The highest BCUT2D eigenvalue weighted by Crippen LogP contribution is 2.32. The first-order chi connectivity index (χ1) is 11.0. The maximum Gasteiger partial charge on any atom is 0.311 e. The Morgan fingerprint density at radius 3 is 2.57 bits per heavy atom. The molecular weight excluding hydrogens is 298 g/mol. The number of rotatable bonds is 5. The Balaban J connectivity index is 2.36. The van der Waals surface area contributed by atoms with Crippen LogP contribution in [0.25, 0.3) is 0 Å². The molecular formula is C16H17N3O4. The lowest BCUT2D eigenvalue weighted by Crippen LogP contribution is -2.31. The first kappa shape index (κ1) is 16.4. The fourth-order valence-electron chi connectivity index (χ4n) is 2.50. The molecule has 2 aromatic rings. The quantitative estimate of drug-likeness (QED) is 0.676. The minimum absolute atomic E-state index is 0.0887. The second kappa shape index (κ2) is 6.87. The molecule has 7 heteroatoms. The molecule has 23 heavy (non-hydrogen) atoms. The normalized spacial score (nSPS) is 11.7. The van der Waals surface area contributed by atoms with Gasteiger partial charge in [-0.3, -0.25) is 19.9 Å². The van der Waals surface area contributed by atoms with Crippen molar-refractivity contribution in [2.45, 2.75) is 19.4 Å². The van der Waals surface area contributed by atoms with Crippen LogP contribution in [-0.4, -0.2) is 32.9 Å². The van der Waals surface area contributed by atoms with Crippen molar-refractivity contribution in [1.82, 2.24) is 9.88 Å². The number of pyridine rings is 1. The standard InChI is InChI=1S/C16H17N3O4/c1-3-13(11-7-9-17-10-8-11)18(2)16(21)12-5-4-6-14(15(12)20)19(22)23/h4-10,13,20H,3H2,1-2H3. The number of phenols is 1. The van der Waals surface area contributed by atoms with Crippen LogP contribution in [0, 0.1) is 10.1 Å². The summed E-state index contributed by atoms with van der Waals surface area (Å²) in [6, 6.07) is 7.32. The average Bonchev–Trinajstić information content (AvgIpc) is 2.55. The molecule has 1 N–H and O–H groups in total. The highest BCUT2D eigenvalue weighted by atomic mass is 16.6. The molecule has 1 unspecified atom stereocenters. The largest absolute Gasteiger partial charge is 0.502 e. The van der Waals surface area contributed by atoms with Crippen LogP contribution < -0.4 is 0 Å². The summed E-state index contributed by atoms with van der Waals surface area (Å²) in [6.45, 7) is 1.93. The first-order valence-electron chi connectivity index (χ1n) is 7.10. The van der Waals surface area contributed by atoms with Crippen molar-refractivity contribution in [2.75, 3.05) is 7.05 Å². The van der Waals surface area contributed by atoms with Crippen LogP contribution >= 0.6 is 0 Å². The Hall–Kier alpha value is -2.96. The monoisotopic (exact) mass is 315 g/mol. The number of benzene rings is 1. The van der Waals surface area contributed by atoms with Crippen LogP contribution in [0.2, 0.25) is 0 Å². The lowest BCUT2D eigenvalue weighted by Gasteiger charge is -2.28. The predicted molar refractivity (Wildman–Crippen MR) is 84.1 cm³/mol. The molecule has 0 aliphatic heterocycles. The van der Waals surface area contributed by atoms with Crippen LogP contribution in [0.1, 0.15) is 35.3 Å². The molecule has 2 rings (SSSR count). The number of para-hydroxylation sites is 1. The molecule has 120 valence electrons. The van der Waals surface area contributed by atoms with E-state index < -0.39 is 22.3 Å². The number of carbonyl (C=O) groups excluding carboxylic acids is 1. The highest BCUT2D eigenvalue weighted by Gasteiger charge is 2.26. The number of hydrogen-bond acceptors (Lipinski definition) is 5. The molecule has 0 bridgehead atoms. The Kier molecular flexibility index (Phi) is 4.90. The third-order valence-corrected chi connectivity index (χ3v) is 3.71. The van der Waals surface area contributed by atoms with Gasteiger partial charge in [0.25, 0.3) is 5.91 Å². The van der Waals surface area contributed by atoms with E-state index in [4.69, 9.17) is 0 Å². The van der Waals surface area contributed by atoms with Crippen LogP contribution in [0.4, 0.5) is 5.69 Å². The van der Waals surface area contributed by atoms with E-state index in [1.165, 1.54) is 17.0 Å². The van der Waals surface area contributed by atoms with E-state index in [1.54, 1.807) is 19.4 Å². The van der Waals surface area contributed by atoms with Crippen LogP contribution in [0.3, 0.4) is 0 Å². The van der Waals surface area contributed by atoms with Gasteiger partial charge in [-0.25, -0.2) is 0 Å². The van der Waals surface area contributed by atoms with Crippen LogP contribution in [0.15, 0.2) is 42.7 Å². The van der Waals surface area contributed by atoms with E-state index in [2.05, 4.69) is 4.98 Å². The second-order valence-corrected chi connectivity index (χ2v) is 5.05. The van der Waals surface area contributed by atoms with Gasteiger partial charge in [0.15, 0.2) is 0 Å². The predicted octanol–water partition coefficient (Wildman–Crippen LogP) is 2.92. The van der Waals surface area contributed by atoms with Crippen molar-refractivity contribution < 1.29 is 14.8 Å². The third kappa shape index (κ3) is 3.28. The third-order valence-electron chi connectivity index (χ3n) is 3.71. The summed E-state index contributed by atoms with van der Waals surface area (Å²) in [5, 5.41) is 20.9. The number of phenolic OH excluding ortho intramolecular Hbond substituents is 1. The van der Waals surface area contributed by atoms with Gasteiger partial charge in [0, 0.05) is 25.5 Å². The van der Waals surface area contributed by atoms with E-state index in [0.717, 1.165) is 11.6 Å². The van der Waals surface area contributed by atoms with E-state index in [9.17, 15) is 20.0 Å². The zero-order chi connectivity index (χ0) is 17.0. The topological polar surface area (TPSA) is 96.6 Å². The number of aromatic hydroxyl groups is 1. The molecule has 1 aromatic carbocycles. The van der Waals surface area contributed by atoms with Crippen molar-refractivity contribution in [3.63, 3.8) is 0 Å². The number of nitro benzene ring substituents is 1. The van der Waals surface area contributed by atoms with Gasteiger partial charge in [0.2, 0.25) is 5.75 Å². The number of carbonyl (C=O) groups is 1. The van der Waals surface area contributed by atoms with Gasteiger partial charge >= 0.3 is 5.69 Å². The molecule has 0 radical (unpaired) electrons. The molecule has 0 aliphatic rings. The van der Waals surface area contributed by atoms with Gasteiger partial charge in [-0.1, -0.05) is 13.0 Å². The molecule has 0 aliphatic carbocycles. The van der Waals surface area contributed by atoms with E-state index in [1.807, 2.05) is 19.1 Å². The SMILES string of the molecule is CCC(c1ccncc1)N(C)C(=O)c1cccc([N+](=O)[O-])c1O. The van der Waals surface area contributed by atoms with Gasteiger partial charge in [-0.15, -0.1) is 0 Å². The summed E-state index contributed by atoms with van der Waals surface area (Å²) in [4.78, 5) is 28.2. The van der Waals surface area contributed by atoms with Crippen molar-refractivity contribution in [2.24, 2.45) is 0 Å². The molecule has 1 heterocycles. The molecule has 1 amide bonds. The lowest BCUT2D eigenvalue weighted by molar-refractivity contribution is -0.385. The van der Waals surface area contributed by atoms with Gasteiger partial charge in [0.1, 0.15) is 0 Å². The fourth-order valence-corrected chi connectivity index (χ4v) is 2.50. The Bertz CT molecular complexity index is 719. The van der Waals surface area contributed by atoms with Gasteiger partial charge in [0.05, 0.1) is 16.5 Å². The van der Waals surface area contributed by atoms with Gasteiger partial charge < -0.3 is 10.0 Å². The molecule has 0 saturated heterocycles. The number of nitro groups is 1. The first-order valence-corrected chi connectivity index (χ1v) is 7.10. The lowest BCUT2D eigenvalue weighted by atomic mass is 10.0. The smallest absolute Gasteiger partial charge is 0.311 e. The minimum atomic E-state index is -0.716. The summed E-state index contributed by atoms with van der Waals surface area (Å²) in [5.41, 5.74) is 0.332. The summed E-state index contributed by atoms with van der Waals surface area (Å²) in [7, 11) is 1.61. The Morgan fingerprint density at radius 1 is 1.35 bits per heavy atom. The van der Waals surface area contributed by atoms with E-state index in [-0.39, 0.29) is 11.6 Å². The van der Waals surface area contributed by atoms with Crippen LogP contribution in [-0.2, 0) is 0 Å². The average molecular weight is 315 g/mol. The summed E-state index contributed by atoms with van der Waals surface area (Å²) in [6.07, 6.45) is 3.93. The van der Waals surface area contributed by atoms with Crippen molar-refractivity contribution in [3.8, 4) is 5.75 Å². The van der Waals surface area contributed by atoms with Gasteiger partial charge in [-0.05, 0) is 30.2 Å². The molecule has 0 saturated carbocycles. The highest BCUT2D eigenvalue weighted by molar-refractivity contribution is 5.98. The Morgan fingerprint density at radius 2 is 2.00 bits per heavy atom. The Labute approximate surface area is 133 Å². The van der Waals surface area contributed by atoms with Crippen molar-refractivity contribution >= 4 is 11.6 Å². The number of amides is 1. The summed E-state index contributed by atoms with van der Waals surface area (Å²) < 4.78 is 0. The fraction of sp³-hybridized carbons (Fsp3) is 0.250. The zero-order valence-corrected chi connectivity index (χ0v) is 12.8. The molecule has 1 aromatic heterocycles. The van der Waals surface area contributed by atoms with Crippen molar-refractivity contribution in [1.29, 1.82) is 0 Å². The number of hydrogen-bond donors (Lipinski definition) is 1. The maximum absolute atomic E-state index is 12.6. The zero-order valence-electron chi connectivity index (χ0n) is 12.8. The molecule has 0 fully saturated rings. The van der Waals surface area contributed by atoms with E-state index >= 15 is 0 Å².